The standard InChI is InChI=1S/C15H19N3O2/c1-3-19-13(10-4-5-10)14-17-15(20-18-14)11-6-7-12(16)9(2)8-11/h6-8,10,13H,3-5,16H2,1-2H3. The van der Waals surface area contributed by atoms with Gasteiger partial charge in [0.05, 0.1) is 0 Å². The van der Waals surface area contributed by atoms with E-state index in [1.165, 1.54) is 12.8 Å². The topological polar surface area (TPSA) is 74.2 Å². The van der Waals surface area contributed by atoms with E-state index in [9.17, 15) is 0 Å². The van der Waals surface area contributed by atoms with E-state index in [1.807, 2.05) is 32.0 Å². The summed E-state index contributed by atoms with van der Waals surface area (Å²) in [4.78, 5) is 4.49. The van der Waals surface area contributed by atoms with Crippen LogP contribution in [-0.4, -0.2) is 16.7 Å². The highest BCUT2D eigenvalue weighted by Crippen LogP contribution is 2.42. The fourth-order valence-electron chi connectivity index (χ4n) is 2.28. The van der Waals surface area contributed by atoms with Gasteiger partial charge in [-0.1, -0.05) is 5.16 Å². The summed E-state index contributed by atoms with van der Waals surface area (Å²) >= 11 is 0. The smallest absolute Gasteiger partial charge is 0.258 e. The van der Waals surface area contributed by atoms with E-state index < -0.39 is 0 Å². The molecule has 1 aromatic heterocycles. The second-order valence-corrected chi connectivity index (χ2v) is 5.24. The minimum Gasteiger partial charge on any atom is -0.399 e. The van der Waals surface area contributed by atoms with Crippen LogP contribution in [0.25, 0.3) is 11.5 Å². The summed E-state index contributed by atoms with van der Waals surface area (Å²) in [6.07, 6.45) is 2.32. The molecule has 1 unspecified atom stereocenters. The summed E-state index contributed by atoms with van der Waals surface area (Å²) in [5, 5.41) is 4.08. The van der Waals surface area contributed by atoms with Crippen LogP contribution in [0.4, 0.5) is 5.69 Å². The summed E-state index contributed by atoms with van der Waals surface area (Å²) in [5.74, 6) is 1.71. The number of hydrogen-bond acceptors (Lipinski definition) is 5. The van der Waals surface area contributed by atoms with Crippen molar-refractivity contribution in [3.63, 3.8) is 0 Å². The highest BCUT2D eigenvalue weighted by atomic mass is 16.5. The Morgan fingerprint density at radius 2 is 2.25 bits per heavy atom. The fraction of sp³-hybridized carbons (Fsp3) is 0.467. The lowest BCUT2D eigenvalue weighted by molar-refractivity contribution is 0.0385. The molecule has 1 aromatic carbocycles. The van der Waals surface area contributed by atoms with Crippen molar-refractivity contribution in [1.82, 2.24) is 10.1 Å². The molecule has 1 aliphatic carbocycles. The van der Waals surface area contributed by atoms with Crippen LogP contribution >= 0.6 is 0 Å². The minimum absolute atomic E-state index is 0.0348. The number of nitrogens with zero attached hydrogens (tertiary/aromatic N) is 2. The van der Waals surface area contributed by atoms with E-state index in [2.05, 4.69) is 10.1 Å². The van der Waals surface area contributed by atoms with E-state index in [4.69, 9.17) is 15.0 Å². The van der Waals surface area contributed by atoms with Gasteiger partial charge in [-0.15, -0.1) is 0 Å². The number of ether oxygens (including phenoxy) is 1. The zero-order valence-corrected chi connectivity index (χ0v) is 11.8. The van der Waals surface area contributed by atoms with Crippen molar-refractivity contribution < 1.29 is 9.26 Å². The molecular formula is C15H19N3O2. The lowest BCUT2D eigenvalue weighted by Gasteiger charge is -2.11. The highest BCUT2D eigenvalue weighted by Gasteiger charge is 2.36. The third-order valence-electron chi connectivity index (χ3n) is 3.61. The summed E-state index contributed by atoms with van der Waals surface area (Å²) in [5.41, 5.74) is 8.48. The monoisotopic (exact) mass is 273 g/mol. The van der Waals surface area contributed by atoms with Crippen LogP contribution in [-0.2, 0) is 4.74 Å². The van der Waals surface area contributed by atoms with E-state index in [-0.39, 0.29) is 6.10 Å². The molecule has 2 N–H and O–H groups in total. The molecule has 0 aliphatic heterocycles. The van der Waals surface area contributed by atoms with Gasteiger partial charge >= 0.3 is 0 Å². The van der Waals surface area contributed by atoms with E-state index in [0.29, 0.717) is 24.2 Å². The Bertz CT molecular complexity index is 605. The van der Waals surface area contributed by atoms with E-state index >= 15 is 0 Å². The van der Waals surface area contributed by atoms with Gasteiger partial charge in [-0.2, -0.15) is 4.98 Å². The maximum atomic E-state index is 5.82. The first-order chi connectivity index (χ1) is 9.69. The second kappa shape index (κ2) is 5.25. The fourth-order valence-corrected chi connectivity index (χ4v) is 2.28. The first-order valence-electron chi connectivity index (χ1n) is 7.00. The van der Waals surface area contributed by atoms with Crippen molar-refractivity contribution in [3.8, 4) is 11.5 Å². The number of nitrogens with two attached hydrogens (primary N) is 1. The van der Waals surface area contributed by atoms with Gasteiger partial charge in [-0.05, 0) is 56.4 Å². The molecule has 2 aromatic rings. The third-order valence-corrected chi connectivity index (χ3v) is 3.61. The Kier molecular flexibility index (Phi) is 3.44. The van der Waals surface area contributed by atoms with Crippen molar-refractivity contribution in [3.05, 3.63) is 29.6 Å². The van der Waals surface area contributed by atoms with Gasteiger partial charge in [0.15, 0.2) is 0 Å². The average molecular weight is 273 g/mol. The molecule has 0 saturated heterocycles. The van der Waals surface area contributed by atoms with E-state index in [1.54, 1.807) is 0 Å². The molecule has 106 valence electrons. The normalized spacial score (nSPS) is 16.3. The maximum Gasteiger partial charge on any atom is 0.258 e. The molecule has 20 heavy (non-hydrogen) atoms. The second-order valence-electron chi connectivity index (χ2n) is 5.24. The maximum absolute atomic E-state index is 5.82. The van der Waals surface area contributed by atoms with Crippen molar-refractivity contribution >= 4 is 5.69 Å². The van der Waals surface area contributed by atoms with Gasteiger partial charge < -0.3 is 15.0 Å². The first-order valence-corrected chi connectivity index (χ1v) is 7.00. The molecular weight excluding hydrogens is 254 g/mol. The Morgan fingerprint density at radius 3 is 2.90 bits per heavy atom. The van der Waals surface area contributed by atoms with Crippen LogP contribution in [0.15, 0.2) is 22.7 Å². The van der Waals surface area contributed by atoms with Crippen molar-refractivity contribution in [2.45, 2.75) is 32.8 Å². The number of nitrogen functional groups attached to an aromatic ring is 1. The molecule has 5 nitrogen and oxygen atoms in total. The number of anilines is 1. The van der Waals surface area contributed by atoms with Gasteiger partial charge in [0.2, 0.25) is 5.82 Å². The molecule has 5 heteroatoms. The lowest BCUT2D eigenvalue weighted by atomic mass is 10.1. The molecule has 1 aliphatic rings. The quantitative estimate of drug-likeness (QED) is 0.847. The predicted molar refractivity (Wildman–Crippen MR) is 76.0 cm³/mol. The minimum atomic E-state index is -0.0348. The Hall–Kier alpha value is -1.88. The number of benzene rings is 1. The molecule has 0 radical (unpaired) electrons. The number of rotatable bonds is 5. The summed E-state index contributed by atoms with van der Waals surface area (Å²) < 4.78 is 11.1. The van der Waals surface area contributed by atoms with Crippen LogP contribution in [0.1, 0.15) is 37.3 Å². The molecule has 3 rings (SSSR count). The van der Waals surface area contributed by atoms with Crippen LogP contribution in [0, 0.1) is 12.8 Å². The molecule has 1 heterocycles. The largest absolute Gasteiger partial charge is 0.399 e. The van der Waals surface area contributed by atoms with Crippen LogP contribution in [0.2, 0.25) is 0 Å². The number of hydrogen-bond donors (Lipinski definition) is 1. The van der Waals surface area contributed by atoms with Crippen molar-refractivity contribution in [2.24, 2.45) is 5.92 Å². The van der Waals surface area contributed by atoms with Gasteiger partial charge in [0.25, 0.3) is 5.89 Å². The molecule has 0 spiro atoms. The van der Waals surface area contributed by atoms with Crippen LogP contribution in [0.3, 0.4) is 0 Å². The average Bonchev–Trinajstić information content (AvgIpc) is 3.16. The summed E-state index contributed by atoms with van der Waals surface area (Å²) in [6, 6.07) is 5.71. The Morgan fingerprint density at radius 1 is 1.45 bits per heavy atom. The van der Waals surface area contributed by atoms with Crippen LogP contribution < -0.4 is 5.73 Å². The van der Waals surface area contributed by atoms with Crippen molar-refractivity contribution in [1.29, 1.82) is 0 Å². The summed E-state index contributed by atoms with van der Waals surface area (Å²) in [6.45, 7) is 4.61. The number of aromatic nitrogens is 2. The lowest BCUT2D eigenvalue weighted by Crippen LogP contribution is -2.08. The third kappa shape index (κ3) is 2.54. The van der Waals surface area contributed by atoms with Gasteiger partial charge in [0.1, 0.15) is 6.10 Å². The molecule has 1 atom stereocenters. The zero-order chi connectivity index (χ0) is 14.1. The Labute approximate surface area is 118 Å². The first kappa shape index (κ1) is 13.1. The zero-order valence-electron chi connectivity index (χ0n) is 11.8. The van der Waals surface area contributed by atoms with Crippen LogP contribution in [0.5, 0.6) is 0 Å². The summed E-state index contributed by atoms with van der Waals surface area (Å²) in [7, 11) is 0. The van der Waals surface area contributed by atoms with Gasteiger partial charge in [-0.3, -0.25) is 0 Å². The highest BCUT2D eigenvalue weighted by molar-refractivity contribution is 5.60. The SMILES string of the molecule is CCOC(c1noc(-c2ccc(N)c(C)c2)n1)C1CC1. The molecule has 1 saturated carbocycles. The molecule has 1 fully saturated rings. The van der Waals surface area contributed by atoms with Gasteiger partial charge in [-0.25, -0.2) is 0 Å². The predicted octanol–water partition coefficient (Wildman–Crippen LogP) is 3.11. The Balaban J connectivity index is 1.86. The van der Waals surface area contributed by atoms with Crippen molar-refractivity contribution in [2.75, 3.05) is 12.3 Å². The molecule has 0 bridgehead atoms. The molecule has 0 amide bonds. The van der Waals surface area contributed by atoms with Gasteiger partial charge in [0, 0.05) is 17.9 Å². The number of aryl methyl sites for hydroxylation is 1. The van der Waals surface area contributed by atoms with E-state index in [0.717, 1.165) is 16.8 Å².